The molecule has 0 aliphatic carbocycles. The summed E-state index contributed by atoms with van der Waals surface area (Å²) in [7, 11) is 3.95. The van der Waals surface area contributed by atoms with Crippen molar-refractivity contribution >= 4 is 0 Å². The number of aromatic nitrogens is 2. The molecule has 0 aliphatic rings. The molecule has 0 radical (unpaired) electrons. The first-order chi connectivity index (χ1) is 6.51. The van der Waals surface area contributed by atoms with E-state index in [9.17, 15) is 0 Å². The largest absolute Gasteiger partial charge is 0.311 e. The Kier molecular flexibility index (Phi) is 3.32. The average Bonchev–Trinajstić information content (AvgIpc) is 2.53. The molecular formula is C11H21N3. The number of hydrogen-bond donors (Lipinski definition) is 1. The predicted molar refractivity (Wildman–Crippen MR) is 59.1 cm³/mol. The van der Waals surface area contributed by atoms with Crippen LogP contribution in [-0.4, -0.2) is 16.8 Å². The maximum Gasteiger partial charge on any atom is 0.0799 e. The zero-order valence-electron chi connectivity index (χ0n) is 9.83. The Bertz CT molecular complexity index is 288. The van der Waals surface area contributed by atoms with Crippen LogP contribution in [0.25, 0.3) is 0 Å². The van der Waals surface area contributed by atoms with Crippen molar-refractivity contribution in [2.75, 3.05) is 7.05 Å². The number of hydrogen-bond acceptors (Lipinski definition) is 2. The molecule has 1 aromatic heterocycles. The van der Waals surface area contributed by atoms with E-state index in [-0.39, 0.29) is 5.41 Å². The van der Waals surface area contributed by atoms with E-state index in [2.05, 4.69) is 37.3 Å². The molecule has 0 spiro atoms. The van der Waals surface area contributed by atoms with Crippen molar-refractivity contribution in [1.29, 1.82) is 0 Å². The summed E-state index contributed by atoms with van der Waals surface area (Å²) >= 11 is 0. The summed E-state index contributed by atoms with van der Waals surface area (Å²) < 4.78 is 1.85. The summed E-state index contributed by atoms with van der Waals surface area (Å²) in [6, 6.07) is 2.41. The monoisotopic (exact) mass is 195 g/mol. The van der Waals surface area contributed by atoms with Crippen LogP contribution in [0.2, 0.25) is 0 Å². The van der Waals surface area contributed by atoms with Gasteiger partial charge in [-0.3, -0.25) is 4.68 Å². The number of nitrogens with one attached hydrogen (secondary N) is 1. The number of nitrogens with zero attached hydrogens (tertiary/aromatic N) is 2. The third-order valence-electron chi connectivity index (χ3n) is 3.01. The lowest BCUT2D eigenvalue weighted by Gasteiger charge is -2.31. The van der Waals surface area contributed by atoms with E-state index in [1.807, 2.05) is 25.0 Å². The first-order valence-corrected chi connectivity index (χ1v) is 5.18. The van der Waals surface area contributed by atoms with Gasteiger partial charge in [0.05, 0.1) is 11.7 Å². The number of aryl methyl sites for hydroxylation is 1. The van der Waals surface area contributed by atoms with Crippen LogP contribution in [0.4, 0.5) is 0 Å². The molecule has 0 saturated heterocycles. The van der Waals surface area contributed by atoms with E-state index >= 15 is 0 Å². The van der Waals surface area contributed by atoms with E-state index in [0.717, 1.165) is 12.1 Å². The fourth-order valence-electron chi connectivity index (χ4n) is 1.73. The predicted octanol–water partition coefficient (Wildman–Crippen LogP) is 2.12. The van der Waals surface area contributed by atoms with Gasteiger partial charge in [-0.25, -0.2) is 0 Å². The van der Waals surface area contributed by atoms with E-state index in [4.69, 9.17) is 0 Å². The molecule has 0 fully saturated rings. The molecule has 0 aromatic carbocycles. The highest BCUT2D eigenvalue weighted by atomic mass is 15.3. The van der Waals surface area contributed by atoms with Gasteiger partial charge in [-0.2, -0.15) is 5.10 Å². The van der Waals surface area contributed by atoms with Gasteiger partial charge in [0.15, 0.2) is 0 Å². The highest BCUT2D eigenvalue weighted by Gasteiger charge is 2.29. The quantitative estimate of drug-likeness (QED) is 0.797. The van der Waals surface area contributed by atoms with Gasteiger partial charge in [0.25, 0.3) is 0 Å². The van der Waals surface area contributed by atoms with Crippen molar-refractivity contribution in [2.45, 2.75) is 33.2 Å². The standard InChI is InChI=1S/C11H21N3/c1-6-11(2,3)10(12-4)9-7-8-14(5)13-9/h7-8,10,12H,6H2,1-5H3. The highest BCUT2D eigenvalue weighted by Crippen LogP contribution is 2.34. The fourth-order valence-corrected chi connectivity index (χ4v) is 1.73. The van der Waals surface area contributed by atoms with Crippen LogP contribution in [-0.2, 0) is 7.05 Å². The maximum absolute atomic E-state index is 4.45. The molecule has 1 heterocycles. The highest BCUT2D eigenvalue weighted by molar-refractivity contribution is 5.09. The van der Waals surface area contributed by atoms with Crippen molar-refractivity contribution in [3.63, 3.8) is 0 Å². The second-order valence-electron chi connectivity index (χ2n) is 4.48. The zero-order chi connectivity index (χ0) is 10.8. The maximum atomic E-state index is 4.45. The lowest BCUT2D eigenvalue weighted by atomic mass is 9.80. The molecule has 0 bridgehead atoms. The van der Waals surface area contributed by atoms with E-state index in [1.165, 1.54) is 0 Å². The zero-order valence-corrected chi connectivity index (χ0v) is 9.83. The van der Waals surface area contributed by atoms with E-state index in [0.29, 0.717) is 6.04 Å². The molecule has 1 unspecified atom stereocenters. The van der Waals surface area contributed by atoms with Gasteiger partial charge in [-0.05, 0) is 24.9 Å². The van der Waals surface area contributed by atoms with Crippen LogP contribution < -0.4 is 5.32 Å². The van der Waals surface area contributed by atoms with Gasteiger partial charge < -0.3 is 5.32 Å². The van der Waals surface area contributed by atoms with Gasteiger partial charge in [0.2, 0.25) is 0 Å². The minimum atomic E-state index is 0.239. The molecule has 1 aromatic rings. The van der Waals surface area contributed by atoms with Crippen LogP contribution in [0, 0.1) is 5.41 Å². The van der Waals surface area contributed by atoms with Crippen molar-refractivity contribution in [3.8, 4) is 0 Å². The van der Waals surface area contributed by atoms with Crippen molar-refractivity contribution in [1.82, 2.24) is 15.1 Å². The molecule has 3 heteroatoms. The third kappa shape index (κ3) is 2.15. The molecule has 3 nitrogen and oxygen atoms in total. The van der Waals surface area contributed by atoms with Crippen molar-refractivity contribution in [2.24, 2.45) is 12.5 Å². The fraction of sp³-hybridized carbons (Fsp3) is 0.727. The first-order valence-electron chi connectivity index (χ1n) is 5.18. The van der Waals surface area contributed by atoms with Gasteiger partial charge in [-0.15, -0.1) is 0 Å². The first kappa shape index (κ1) is 11.2. The SMILES string of the molecule is CCC(C)(C)C(NC)c1ccn(C)n1. The van der Waals surface area contributed by atoms with Crippen molar-refractivity contribution < 1.29 is 0 Å². The molecule has 14 heavy (non-hydrogen) atoms. The van der Waals surface area contributed by atoms with Gasteiger partial charge in [0.1, 0.15) is 0 Å². The second-order valence-corrected chi connectivity index (χ2v) is 4.48. The minimum Gasteiger partial charge on any atom is -0.311 e. The Morgan fingerprint density at radius 1 is 1.57 bits per heavy atom. The normalized spacial score (nSPS) is 14.4. The Morgan fingerprint density at radius 2 is 2.21 bits per heavy atom. The average molecular weight is 195 g/mol. The summed E-state index contributed by atoms with van der Waals surface area (Å²) in [6.45, 7) is 6.75. The van der Waals surface area contributed by atoms with Crippen LogP contribution >= 0.6 is 0 Å². The smallest absolute Gasteiger partial charge is 0.0799 e. The Balaban J connectivity index is 2.92. The van der Waals surface area contributed by atoms with Gasteiger partial charge in [-0.1, -0.05) is 20.8 Å². The second kappa shape index (κ2) is 4.13. The molecule has 80 valence electrons. The molecule has 0 saturated carbocycles. The van der Waals surface area contributed by atoms with Gasteiger partial charge in [0, 0.05) is 13.2 Å². The molecule has 1 N–H and O–H groups in total. The summed E-state index contributed by atoms with van der Waals surface area (Å²) in [5, 5.41) is 7.80. The van der Waals surface area contributed by atoms with E-state index in [1.54, 1.807) is 0 Å². The lowest BCUT2D eigenvalue weighted by molar-refractivity contribution is 0.240. The van der Waals surface area contributed by atoms with E-state index < -0.39 is 0 Å². The Morgan fingerprint density at radius 3 is 2.57 bits per heavy atom. The van der Waals surface area contributed by atoms with Crippen LogP contribution in [0.15, 0.2) is 12.3 Å². The van der Waals surface area contributed by atoms with Crippen LogP contribution in [0.5, 0.6) is 0 Å². The summed E-state index contributed by atoms with van der Waals surface area (Å²) in [5.74, 6) is 0. The minimum absolute atomic E-state index is 0.239. The lowest BCUT2D eigenvalue weighted by Crippen LogP contribution is -2.32. The van der Waals surface area contributed by atoms with Crippen LogP contribution in [0.1, 0.15) is 38.9 Å². The third-order valence-corrected chi connectivity index (χ3v) is 3.01. The van der Waals surface area contributed by atoms with Gasteiger partial charge >= 0.3 is 0 Å². The Labute approximate surface area is 86.5 Å². The topological polar surface area (TPSA) is 29.9 Å². The number of rotatable bonds is 4. The summed E-state index contributed by atoms with van der Waals surface area (Å²) in [4.78, 5) is 0. The van der Waals surface area contributed by atoms with Crippen LogP contribution in [0.3, 0.4) is 0 Å². The molecule has 1 rings (SSSR count). The molecule has 0 aliphatic heterocycles. The molecule has 0 amide bonds. The molecular weight excluding hydrogens is 174 g/mol. The van der Waals surface area contributed by atoms with Crippen molar-refractivity contribution in [3.05, 3.63) is 18.0 Å². The molecule has 1 atom stereocenters. The summed E-state index contributed by atoms with van der Waals surface area (Å²) in [6.07, 6.45) is 3.13. The Hall–Kier alpha value is -0.830. The summed E-state index contributed by atoms with van der Waals surface area (Å²) in [5.41, 5.74) is 1.37.